The molecule has 23 heavy (non-hydrogen) atoms. The SMILES string of the molecule is Cc1ccc(S(=O)(=O)n2ccc3c4c(ccc32)CC=CO4)cc1. The van der Waals surface area contributed by atoms with Gasteiger partial charge in [-0.05, 0) is 49.2 Å². The number of allylic oxidation sites excluding steroid dienone is 1. The predicted molar refractivity (Wildman–Crippen MR) is 89.2 cm³/mol. The van der Waals surface area contributed by atoms with Gasteiger partial charge in [0.05, 0.1) is 16.7 Å². The number of benzene rings is 2. The minimum absolute atomic E-state index is 0.277. The Morgan fingerprint density at radius 1 is 1.04 bits per heavy atom. The van der Waals surface area contributed by atoms with Crippen LogP contribution >= 0.6 is 0 Å². The molecule has 0 aliphatic carbocycles. The highest BCUT2D eigenvalue weighted by Gasteiger charge is 2.21. The van der Waals surface area contributed by atoms with Crippen LogP contribution in [0.3, 0.4) is 0 Å². The van der Waals surface area contributed by atoms with Crippen molar-refractivity contribution in [1.29, 1.82) is 0 Å². The molecular weight excluding hydrogens is 310 g/mol. The highest BCUT2D eigenvalue weighted by Crippen LogP contribution is 2.34. The van der Waals surface area contributed by atoms with Gasteiger partial charge in [0, 0.05) is 11.6 Å². The summed E-state index contributed by atoms with van der Waals surface area (Å²) in [6.07, 6.45) is 5.96. The largest absolute Gasteiger partial charge is 0.464 e. The molecule has 0 radical (unpaired) electrons. The van der Waals surface area contributed by atoms with Crippen molar-refractivity contribution in [2.75, 3.05) is 0 Å². The summed E-state index contributed by atoms with van der Waals surface area (Å²) in [6.45, 7) is 1.93. The van der Waals surface area contributed by atoms with E-state index in [9.17, 15) is 8.42 Å². The molecule has 0 saturated carbocycles. The van der Waals surface area contributed by atoms with Crippen molar-refractivity contribution >= 4 is 20.9 Å². The molecule has 4 rings (SSSR count). The Labute approximate surface area is 134 Å². The van der Waals surface area contributed by atoms with Crippen molar-refractivity contribution in [3.63, 3.8) is 0 Å². The van der Waals surface area contributed by atoms with E-state index >= 15 is 0 Å². The molecule has 0 amide bonds. The van der Waals surface area contributed by atoms with E-state index in [2.05, 4.69) is 0 Å². The number of hydrogen-bond acceptors (Lipinski definition) is 3. The zero-order valence-electron chi connectivity index (χ0n) is 12.6. The zero-order valence-corrected chi connectivity index (χ0v) is 13.4. The Balaban J connectivity index is 1.91. The summed E-state index contributed by atoms with van der Waals surface area (Å²) in [5.41, 5.74) is 2.71. The van der Waals surface area contributed by atoms with E-state index in [1.54, 1.807) is 42.8 Å². The molecule has 1 aliphatic rings. The van der Waals surface area contributed by atoms with Crippen LogP contribution in [0, 0.1) is 6.92 Å². The van der Waals surface area contributed by atoms with E-state index in [4.69, 9.17) is 4.74 Å². The summed E-state index contributed by atoms with van der Waals surface area (Å²) < 4.78 is 32.7. The van der Waals surface area contributed by atoms with Gasteiger partial charge in [-0.2, -0.15) is 0 Å². The summed E-state index contributed by atoms with van der Waals surface area (Å²) in [6, 6.07) is 12.4. The van der Waals surface area contributed by atoms with E-state index < -0.39 is 10.0 Å². The van der Waals surface area contributed by atoms with E-state index in [1.807, 2.05) is 25.1 Å². The lowest BCUT2D eigenvalue weighted by molar-refractivity contribution is 0.470. The van der Waals surface area contributed by atoms with Crippen LogP contribution in [0.2, 0.25) is 0 Å². The highest BCUT2D eigenvalue weighted by molar-refractivity contribution is 7.90. The van der Waals surface area contributed by atoms with Gasteiger partial charge in [0.15, 0.2) is 0 Å². The summed E-state index contributed by atoms with van der Waals surface area (Å²) in [4.78, 5) is 0.277. The van der Waals surface area contributed by atoms with Crippen molar-refractivity contribution in [3.05, 3.63) is 72.1 Å². The molecule has 4 nitrogen and oxygen atoms in total. The minimum atomic E-state index is -3.62. The van der Waals surface area contributed by atoms with Gasteiger partial charge in [0.25, 0.3) is 10.0 Å². The van der Waals surface area contributed by atoms with Crippen molar-refractivity contribution in [1.82, 2.24) is 3.97 Å². The minimum Gasteiger partial charge on any atom is -0.464 e. The number of hydrogen-bond donors (Lipinski definition) is 0. The number of ether oxygens (including phenoxy) is 1. The predicted octanol–water partition coefficient (Wildman–Crippen LogP) is 3.64. The first kappa shape index (κ1) is 14.1. The summed E-state index contributed by atoms with van der Waals surface area (Å²) in [5, 5.41) is 0.808. The van der Waals surface area contributed by atoms with Crippen LogP contribution in [-0.2, 0) is 16.4 Å². The van der Waals surface area contributed by atoms with Crippen molar-refractivity contribution < 1.29 is 13.2 Å². The van der Waals surface area contributed by atoms with Crippen LogP contribution < -0.4 is 4.74 Å². The molecule has 0 unspecified atom stereocenters. The topological polar surface area (TPSA) is 48.3 Å². The van der Waals surface area contributed by atoms with Crippen LogP contribution in [0.1, 0.15) is 11.1 Å². The highest BCUT2D eigenvalue weighted by atomic mass is 32.2. The standard InChI is InChI=1S/C18H15NO3S/c1-13-4-7-15(8-5-13)23(20,21)19-11-10-16-17(19)9-6-14-3-2-12-22-18(14)16/h2,4-12H,3H2,1H3. The average Bonchev–Trinajstić information content (AvgIpc) is 3.00. The van der Waals surface area contributed by atoms with Gasteiger partial charge < -0.3 is 4.74 Å². The molecule has 2 aromatic carbocycles. The number of nitrogens with zero attached hydrogens (tertiary/aromatic N) is 1. The number of aromatic nitrogens is 1. The van der Waals surface area contributed by atoms with Crippen LogP contribution in [-0.4, -0.2) is 12.4 Å². The van der Waals surface area contributed by atoms with Gasteiger partial charge in [0.2, 0.25) is 0 Å². The van der Waals surface area contributed by atoms with Crippen molar-refractivity contribution in [3.8, 4) is 5.75 Å². The van der Waals surface area contributed by atoms with Crippen molar-refractivity contribution in [2.24, 2.45) is 0 Å². The fraction of sp³-hybridized carbons (Fsp3) is 0.111. The second-order valence-corrected chi connectivity index (χ2v) is 7.42. The Kier molecular flexibility index (Phi) is 3.06. The van der Waals surface area contributed by atoms with Crippen LogP contribution in [0.4, 0.5) is 0 Å². The Bertz CT molecular complexity index is 1030. The number of fused-ring (bicyclic) bond motifs is 3. The van der Waals surface area contributed by atoms with Crippen LogP contribution in [0.25, 0.3) is 10.9 Å². The summed E-state index contributed by atoms with van der Waals surface area (Å²) in [7, 11) is -3.62. The molecule has 5 heteroatoms. The lowest BCUT2D eigenvalue weighted by Gasteiger charge is -2.14. The molecular formula is C18H15NO3S. The molecule has 0 bridgehead atoms. The van der Waals surface area contributed by atoms with E-state index in [0.29, 0.717) is 5.52 Å². The van der Waals surface area contributed by atoms with Gasteiger partial charge in [-0.25, -0.2) is 12.4 Å². The quantitative estimate of drug-likeness (QED) is 0.723. The van der Waals surface area contributed by atoms with Gasteiger partial charge in [-0.3, -0.25) is 0 Å². The molecule has 0 saturated heterocycles. The fourth-order valence-electron chi connectivity index (χ4n) is 2.83. The molecule has 116 valence electrons. The summed E-state index contributed by atoms with van der Waals surface area (Å²) >= 11 is 0. The fourth-order valence-corrected chi connectivity index (χ4v) is 4.18. The third kappa shape index (κ3) is 2.16. The molecule has 0 spiro atoms. The van der Waals surface area contributed by atoms with Crippen LogP contribution in [0.5, 0.6) is 5.75 Å². The summed E-state index contributed by atoms with van der Waals surface area (Å²) in [5.74, 6) is 0.739. The number of rotatable bonds is 2. The van der Waals surface area contributed by atoms with E-state index in [-0.39, 0.29) is 4.90 Å². The number of aryl methyl sites for hydroxylation is 1. The maximum absolute atomic E-state index is 12.9. The molecule has 2 heterocycles. The normalized spacial score (nSPS) is 13.8. The second-order valence-electron chi connectivity index (χ2n) is 5.61. The smallest absolute Gasteiger partial charge is 0.268 e. The first-order valence-corrected chi connectivity index (χ1v) is 8.78. The van der Waals surface area contributed by atoms with E-state index in [0.717, 1.165) is 28.7 Å². The molecule has 0 atom stereocenters. The van der Waals surface area contributed by atoms with Crippen LogP contribution in [0.15, 0.2) is 65.9 Å². The maximum Gasteiger partial charge on any atom is 0.268 e. The molecule has 1 aromatic heterocycles. The Morgan fingerprint density at radius 2 is 1.83 bits per heavy atom. The van der Waals surface area contributed by atoms with Gasteiger partial charge >= 0.3 is 0 Å². The molecule has 0 N–H and O–H groups in total. The first-order chi connectivity index (χ1) is 11.1. The Hall–Kier alpha value is -2.53. The lowest BCUT2D eigenvalue weighted by atomic mass is 10.1. The van der Waals surface area contributed by atoms with Gasteiger partial charge in [0.1, 0.15) is 5.75 Å². The maximum atomic E-state index is 12.9. The second kappa shape index (κ2) is 4.99. The molecule has 0 fully saturated rings. The molecule has 3 aromatic rings. The Morgan fingerprint density at radius 3 is 2.61 bits per heavy atom. The zero-order chi connectivity index (χ0) is 16.0. The molecule has 1 aliphatic heterocycles. The van der Waals surface area contributed by atoms with E-state index in [1.165, 1.54) is 3.97 Å². The third-order valence-corrected chi connectivity index (χ3v) is 5.77. The average molecular weight is 325 g/mol. The van der Waals surface area contributed by atoms with Gasteiger partial charge in [-0.1, -0.05) is 23.8 Å². The first-order valence-electron chi connectivity index (χ1n) is 7.34. The van der Waals surface area contributed by atoms with Crippen molar-refractivity contribution in [2.45, 2.75) is 18.2 Å². The van der Waals surface area contributed by atoms with Gasteiger partial charge in [-0.15, -0.1) is 0 Å². The third-order valence-electron chi connectivity index (χ3n) is 4.07. The lowest BCUT2D eigenvalue weighted by Crippen LogP contribution is -2.11. The monoisotopic (exact) mass is 325 g/mol.